The summed E-state index contributed by atoms with van der Waals surface area (Å²) in [5.74, 6) is -0.249. The molecule has 0 saturated carbocycles. The number of likely N-dealkylation sites (tertiary alicyclic amines) is 1. The van der Waals surface area contributed by atoms with Gasteiger partial charge in [-0.1, -0.05) is 24.3 Å². The van der Waals surface area contributed by atoms with Crippen molar-refractivity contribution < 1.29 is 9.23 Å². The molecule has 2 aliphatic heterocycles. The number of halogens is 1. The molecule has 7 heteroatoms. The monoisotopic (exact) mass is 394 g/mol. The van der Waals surface area contributed by atoms with Gasteiger partial charge in [0.1, 0.15) is 11.9 Å². The van der Waals surface area contributed by atoms with Crippen LogP contribution < -0.4 is 11.2 Å². The average Bonchev–Trinajstić information content (AvgIpc) is 3.33. The Morgan fingerprint density at radius 3 is 2.62 bits per heavy atom. The second kappa shape index (κ2) is 7.50. The maximum atomic E-state index is 13.1. The number of para-hydroxylation sites is 2. The van der Waals surface area contributed by atoms with Crippen molar-refractivity contribution >= 4 is 11.0 Å². The predicted molar refractivity (Wildman–Crippen MR) is 109 cm³/mol. The van der Waals surface area contributed by atoms with Crippen molar-refractivity contribution in [3.8, 4) is 0 Å². The van der Waals surface area contributed by atoms with Gasteiger partial charge in [-0.25, -0.2) is 9.18 Å². The maximum Gasteiger partial charge on any atom is 0.326 e. The van der Waals surface area contributed by atoms with E-state index in [1.54, 1.807) is 12.1 Å². The molecule has 150 valence electrons. The number of fused-ring (bicyclic) bond motifs is 1. The second-order valence-corrected chi connectivity index (χ2v) is 7.71. The Hall–Kier alpha value is -2.90. The summed E-state index contributed by atoms with van der Waals surface area (Å²) in [6, 6.07) is 14.4. The van der Waals surface area contributed by atoms with E-state index in [0.717, 1.165) is 54.8 Å². The Kier molecular flexibility index (Phi) is 4.69. The van der Waals surface area contributed by atoms with E-state index in [1.165, 1.54) is 12.1 Å². The van der Waals surface area contributed by atoms with Gasteiger partial charge in [-0.2, -0.15) is 0 Å². The SMILES string of the molecule is O=c1[nH]c2ccccc2n1C1CCN(CC2=CC(c3ccc(F)cc3)ON2)CC1. The standard InChI is InChI=1S/C22H23FN4O2/c23-16-7-5-15(6-8-16)21-13-17(25-29-21)14-26-11-9-18(10-12-26)27-20-4-2-1-3-19(20)24-22(27)28/h1-8,13,18,21,25H,9-12,14H2,(H,24,28). The molecule has 1 atom stereocenters. The summed E-state index contributed by atoms with van der Waals surface area (Å²) in [6.07, 6.45) is 3.70. The van der Waals surface area contributed by atoms with Crippen molar-refractivity contribution in [2.24, 2.45) is 0 Å². The highest BCUT2D eigenvalue weighted by Crippen LogP contribution is 2.27. The lowest BCUT2D eigenvalue weighted by Crippen LogP contribution is -2.38. The molecule has 2 aliphatic rings. The van der Waals surface area contributed by atoms with Gasteiger partial charge in [-0.3, -0.25) is 19.8 Å². The molecule has 2 aromatic carbocycles. The Morgan fingerprint density at radius 2 is 1.83 bits per heavy atom. The van der Waals surface area contributed by atoms with Crippen LogP contribution >= 0.6 is 0 Å². The number of hydrogen-bond donors (Lipinski definition) is 2. The van der Waals surface area contributed by atoms with Gasteiger partial charge in [-0.15, -0.1) is 0 Å². The van der Waals surface area contributed by atoms with Crippen molar-refractivity contribution in [3.05, 3.63) is 82.2 Å². The minimum atomic E-state index is -0.249. The van der Waals surface area contributed by atoms with Crippen LogP contribution in [0.25, 0.3) is 11.0 Å². The molecule has 1 aromatic heterocycles. The molecule has 0 aliphatic carbocycles. The summed E-state index contributed by atoms with van der Waals surface area (Å²) in [4.78, 5) is 23.4. The smallest absolute Gasteiger partial charge is 0.306 e. The van der Waals surface area contributed by atoms with Crippen LogP contribution in [0.1, 0.15) is 30.6 Å². The van der Waals surface area contributed by atoms with Crippen molar-refractivity contribution in [2.45, 2.75) is 25.0 Å². The van der Waals surface area contributed by atoms with Crippen LogP contribution in [-0.4, -0.2) is 34.1 Å². The minimum Gasteiger partial charge on any atom is -0.306 e. The number of piperidine rings is 1. The van der Waals surface area contributed by atoms with Gasteiger partial charge in [0.2, 0.25) is 0 Å². The van der Waals surface area contributed by atoms with Crippen LogP contribution in [-0.2, 0) is 4.84 Å². The molecule has 0 radical (unpaired) electrons. The number of hydroxylamine groups is 1. The predicted octanol–water partition coefficient (Wildman–Crippen LogP) is 3.27. The topological polar surface area (TPSA) is 62.3 Å². The first-order chi connectivity index (χ1) is 14.2. The number of imidazole rings is 1. The highest BCUT2D eigenvalue weighted by Gasteiger charge is 2.26. The Morgan fingerprint density at radius 1 is 1.07 bits per heavy atom. The Labute approximate surface area is 167 Å². The van der Waals surface area contributed by atoms with Gasteiger partial charge in [-0.05, 0) is 48.7 Å². The van der Waals surface area contributed by atoms with Gasteiger partial charge in [0.25, 0.3) is 0 Å². The van der Waals surface area contributed by atoms with Gasteiger partial charge < -0.3 is 4.98 Å². The fourth-order valence-electron chi connectivity index (χ4n) is 4.30. The largest absolute Gasteiger partial charge is 0.326 e. The number of hydrogen-bond acceptors (Lipinski definition) is 4. The zero-order chi connectivity index (χ0) is 19.8. The molecule has 5 rings (SSSR count). The molecule has 29 heavy (non-hydrogen) atoms. The quantitative estimate of drug-likeness (QED) is 0.713. The first-order valence-electron chi connectivity index (χ1n) is 9.97. The lowest BCUT2D eigenvalue weighted by Gasteiger charge is -2.32. The number of nitrogens with one attached hydrogen (secondary N) is 2. The number of aromatic nitrogens is 2. The van der Waals surface area contributed by atoms with Gasteiger partial charge in [0, 0.05) is 25.7 Å². The maximum absolute atomic E-state index is 13.1. The fourth-order valence-corrected chi connectivity index (χ4v) is 4.30. The molecule has 0 bridgehead atoms. The summed E-state index contributed by atoms with van der Waals surface area (Å²) in [7, 11) is 0. The van der Waals surface area contributed by atoms with E-state index in [1.807, 2.05) is 34.9 Å². The summed E-state index contributed by atoms with van der Waals surface area (Å²) in [5, 5.41) is 0. The summed E-state index contributed by atoms with van der Waals surface area (Å²) >= 11 is 0. The normalized spacial score (nSPS) is 20.7. The molecule has 1 fully saturated rings. The molecule has 1 unspecified atom stereocenters. The summed E-state index contributed by atoms with van der Waals surface area (Å²) in [5.41, 5.74) is 6.79. The number of aromatic amines is 1. The highest BCUT2D eigenvalue weighted by molar-refractivity contribution is 5.75. The Bertz CT molecular complexity index is 1090. The molecular weight excluding hydrogens is 371 g/mol. The second-order valence-electron chi connectivity index (χ2n) is 7.71. The van der Waals surface area contributed by atoms with E-state index in [9.17, 15) is 9.18 Å². The number of benzene rings is 2. The average molecular weight is 394 g/mol. The van der Waals surface area contributed by atoms with Crippen LogP contribution in [0, 0.1) is 5.82 Å². The van der Waals surface area contributed by atoms with E-state index in [0.29, 0.717) is 0 Å². The third kappa shape index (κ3) is 3.59. The number of H-pyrrole nitrogens is 1. The van der Waals surface area contributed by atoms with E-state index in [4.69, 9.17) is 4.84 Å². The van der Waals surface area contributed by atoms with Crippen molar-refractivity contribution in [2.75, 3.05) is 19.6 Å². The molecule has 3 heterocycles. The van der Waals surface area contributed by atoms with E-state index in [-0.39, 0.29) is 23.7 Å². The first kappa shape index (κ1) is 18.1. The van der Waals surface area contributed by atoms with Crippen LogP contribution in [0.15, 0.2) is 65.1 Å². The van der Waals surface area contributed by atoms with Crippen molar-refractivity contribution in [1.29, 1.82) is 0 Å². The van der Waals surface area contributed by atoms with E-state index < -0.39 is 0 Å². The lowest BCUT2D eigenvalue weighted by molar-refractivity contribution is 0.0380. The zero-order valence-corrected chi connectivity index (χ0v) is 16.0. The molecule has 0 amide bonds. The van der Waals surface area contributed by atoms with Crippen molar-refractivity contribution in [3.63, 3.8) is 0 Å². The van der Waals surface area contributed by atoms with Crippen LogP contribution in [0.4, 0.5) is 4.39 Å². The molecule has 1 saturated heterocycles. The van der Waals surface area contributed by atoms with E-state index in [2.05, 4.69) is 15.4 Å². The fraction of sp³-hybridized carbons (Fsp3) is 0.318. The van der Waals surface area contributed by atoms with Gasteiger partial charge >= 0.3 is 5.69 Å². The first-order valence-corrected chi connectivity index (χ1v) is 9.97. The molecule has 3 aromatic rings. The molecule has 2 N–H and O–H groups in total. The zero-order valence-electron chi connectivity index (χ0n) is 16.0. The molecule has 6 nitrogen and oxygen atoms in total. The minimum absolute atomic E-state index is 0.0274. The lowest BCUT2D eigenvalue weighted by atomic mass is 10.0. The van der Waals surface area contributed by atoms with Gasteiger partial charge in [0.15, 0.2) is 0 Å². The van der Waals surface area contributed by atoms with Gasteiger partial charge in [0.05, 0.1) is 16.7 Å². The summed E-state index contributed by atoms with van der Waals surface area (Å²) in [6.45, 7) is 2.60. The highest BCUT2D eigenvalue weighted by atomic mass is 19.1. The van der Waals surface area contributed by atoms with Crippen LogP contribution in [0.5, 0.6) is 0 Å². The number of rotatable bonds is 4. The molecule has 0 spiro atoms. The third-order valence-electron chi connectivity index (χ3n) is 5.81. The van der Waals surface area contributed by atoms with Crippen LogP contribution in [0.3, 0.4) is 0 Å². The van der Waals surface area contributed by atoms with Crippen molar-refractivity contribution in [1.82, 2.24) is 19.9 Å². The molecular formula is C22H23FN4O2. The Balaban J connectivity index is 1.22. The number of nitrogens with zero attached hydrogens (tertiary/aromatic N) is 2. The van der Waals surface area contributed by atoms with Crippen LogP contribution in [0.2, 0.25) is 0 Å². The summed E-state index contributed by atoms with van der Waals surface area (Å²) < 4.78 is 15.0. The third-order valence-corrected chi connectivity index (χ3v) is 5.81. The van der Waals surface area contributed by atoms with E-state index >= 15 is 0 Å².